The smallest absolute Gasteiger partial charge is 0.263 e. The molecule has 21 heavy (non-hydrogen) atoms. The molecule has 0 fully saturated rings. The third kappa shape index (κ3) is 3.77. The summed E-state index contributed by atoms with van der Waals surface area (Å²) in [6, 6.07) is 6.60. The summed E-state index contributed by atoms with van der Waals surface area (Å²) in [6.07, 6.45) is 0. The van der Waals surface area contributed by atoms with Gasteiger partial charge >= 0.3 is 0 Å². The number of anilines is 1. The van der Waals surface area contributed by atoms with Crippen molar-refractivity contribution < 1.29 is 12.8 Å². The summed E-state index contributed by atoms with van der Waals surface area (Å²) in [5.41, 5.74) is 0.866. The first-order chi connectivity index (χ1) is 9.70. The number of sulfonamides is 1. The normalized spacial score (nSPS) is 11.5. The molecule has 1 N–H and O–H groups in total. The zero-order valence-electron chi connectivity index (χ0n) is 10.6. The highest BCUT2D eigenvalue weighted by molar-refractivity contribution is 9.11. The molecule has 2 rings (SSSR count). The van der Waals surface area contributed by atoms with Crippen molar-refractivity contribution in [2.45, 2.75) is 11.8 Å². The Labute approximate surface area is 143 Å². The van der Waals surface area contributed by atoms with E-state index in [4.69, 9.17) is 11.6 Å². The molecule has 0 radical (unpaired) electrons. The quantitative estimate of drug-likeness (QED) is 0.696. The largest absolute Gasteiger partial charge is 0.278 e. The average Bonchev–Trinajstić information content (AvgIpc) is 2.37. The summed E-state index contributed by atoms with van der Waals surface area (Å²) in [6.45, 7) is 1.84. The molecule has 0 aliphatic heterocycles. The molecule has 3 nitrogen and oxygen atoms in total. The summed E-state index contributed by atoms with van der Waals surface area (Å²) >= 11 is 12.4. The van der Waals surface area contributed by atoms with Crippen molar-refractivity contribution in [2.24, 2.45) is 0 Å². The standard InChI is InChI=1S/C13H9Br2ClFNO2S/c1-7-4-10(15)13(6-9(7)14)21(19,20)18-12-5-8(17)2-3-11(12)16/h2-6,18H,1H3. The lowest BCUT2D eigenvalue weighted by molar-refractivity contribution is 0.600. The molecule has 2 aromatic rings. The minimum absolute atomic E-state index is 0.0136. The molecule has 112 valence electrons. The van der Waals surface area contributed by atoms with Gasteiger partial charge in [0.05, 0.1) is 10.7 Å². The maximum Gasteiger partial charge on any atom is 0.263 e. The van der Waals surface area contributed by atoms with E-state index in [1.165, 1.54) is 12.1 Å². The Bertz CT molecular complexity index is 812. The van der Waals surface area contributed by atoms with Gasteiger partial charge in [-0.2, -0.15) is 0 Å². The minimum atomic E-state index is -3.90. The lowest BCUT2D eigenvalue weighted by atomic mass is 10.2. The highest BCUT2D eigenvalue weighted by atomic mass is 79.9. The number of aryl methyl sites for hydroxylation is 1. The molecule has 0 spiro atoms. The monoisotopic (exact) mass is 455 g/mol. The molecule has 0 bridgehead atoms. The summed E-state index contributed by atoms with van der Waals surface area (Å²) in [7, 11) is -3.90. The molecular weight excluding hydrogens is 448 g/mol. The predicted molar refractivity (Wildman–Crippen MR) is 88.8 cm³/mol. The van der Waals surface area contributed by atoms with Crippen LogP contribution in [0.15, 0.2) is 44.2 Å². The molecule has 0 amide bonds. The maximum absolute atomic E-state index is 13.2. The number of nitrogens with one attached hydrogen (secondary N) is 1. The molecule has 2 aromatic carbocycles. The van der Waals surface area contributed by atoms with E-state index in [0.29, 0.717) is 8.95 Å². The molecule has 0 aromatic heterocycles. The van der Waals surface area contributed by atoms with Crippen molar-refractivity contribution in [1.29, 1.82) is 0 Å². The van der Waals surface area contributed by atoms with Gasteiger partial charge in [0.25, 0.3) is 10.0 Å². The fourth-order valence-corrected chi connectivity index (χ4v) is 4.58. The zero-order valence-corrected chi connectivity index (χ0v) is 15.4. The second-order valence-electron chi connectivity index (χ2n) is 4.26. The van der Waals surface area contributed by atoms with Gasteiger partial charge in [-0.05, 0) is 58.7 Å². The summed E-state index contributed by atoms with van der Waals surface area (Å²) in [4.78, 5) is 0.0281. The van der Waals surface area contributed by atoms with Gasteiger partial charge in [-0.15, -0.1) is 0 Å². The molecule has 0 heterocycles. The van der Waals surface area contributed by atoms with Gasteiger partial charge < -0.3 is 0 Å². The number of hydrogen-bond acceptors (Lipinski definition) is 2. The van der Waals surface area contributed by atoms with E-state index in [1.54, 1.807) is 6.07 Å². The predicted octanol–water partition coefficient (Wildman–Crippen LogP) is 5.11. The Morgan fingerprint density at radius 2 is 1.81 bits per heavy atom. The van der Waals surface area contributed by atoms with Gasteiger partial charge in [-0.1, -0.05) is 27.5 Å². The Kier molecular flexibility index (Phi) is 4.97. The molecule has 0 atom stereocenters. The summed E-state index contributed by atoms with van der Waals surface area (Å²) in [5, 5.41) is 0.113. The Morgan fingerprint density at radius 3 is 2.48 bits per heavy atom. The van der Waals surface area contributed by atoms with Crippen LogP contribution in [0.5, 0.6) is 0 Å². The molecular formula is C13H9Br2ClFNO2S. The number of halogens is 4. The first-order valence-electron chi connectivity index (χ1n) is 5.64. The van der Waals surface area contributed by atoms with Crippen LogP contribution >= 0.6 is 43.5 Å². The van der Waals surface area contributed by atoms with Crippen molar-refractivity contribution in [2.75, 3.05) is 4.72 Å². The summed E-state index contributed by atoms with van der Waals surface area (Å²) < 4.78 is 41.4. The lowest BCUT2D eigenvalue weighted by Gasteiger charge is -2.12. The van der Waals surface area contributed by atoms with Gasteiger partial charge in [0, 0.05) is 8.95 Å². The molecule has 0 unspecified atom stereocenters. The van der Waals surface area contributed by atoms with Crippen LogP contribution in [0.2, 0.25) is 5.02 Å². The Hall–Kier alpha value is -0.630. The van der Waals surface area contributed by atoms with Crippen LogP contribution in [0.4, 0.5) is 10.1 Å². The average molecular weight is 458 g/mol. The first kappa shape index (κ1) is 16.7. The van der Waals surface area contributed by atoms with Gasteiger partial charge in [0.2, 0.25) is 0 Å². The number of benzene rings is 2. The van der Waals surface area contributed by atoms with E-state index in [9.17, 15) is 12.8 Å². The summed E-state index contributed by atoms with van der Waals surface area (Å²) in [5.74, 6) is -0.582. The lowest BCUT2D eigenvalue weighted by Crippen LogP contribution is -2.14. The van der Waals surface area contributed by atoms with Crippen LogP contribution in [-0.4, -0.2) is 8.42 Å². The SMILES string of the molecule is Cc1cc(Br)c(S(=O)(=O)Nc2cc(F)ccc2Cl)cc1Br. The fraction of sp³-hybridized carbons (Fsp3) is 0.0769. The van der Waals surface area contributed by atoms with Crippen LogP contribution in [0.1, 0.15) is 5.56 Å². The fourth-order valence-electron chi connectivity index (χ4n) is 1.61. The van der Waals surface area contributed by atoms with Crippen molar-refractivity contribution in [3.05, 3.63) is 55.7 Å². The van der Waals surface area contributed by atoms with Gasteiger partial charge in [0.1, 0.15) is 10.7 Å². The molecule has 0 saturated heterocycles. The second-order valence-corrected chi connectivity index (χ2v) is 8.03. The van der Waals surface area contributed by atoms with Crippen LogP contribution < -0.4 is 4.72 Å². The van der Waals surface area contributed by atoms with Gasteiger partial charge in [0.15, 0.2) is 0 Å². The second kappa shape index (κ2) is 6.24. The molecule has 0 saturated carbocycles. The van der Waals surface area contributed by atoms with Crippen LogP contribution in [0.25, 0.3) is 0 Å². The van der Waals surface area contributed by atoms with Crippen molar-refractivity contribution in [3.63, 3.8) is 0 Å². The highest BCUT2D eigenvalue weighted by Crippen LogP contribution is 2.31. The minimum Gasteiger partial charge on any atom is -0.278 e. The molecule has 0 aliphatic rings. The maximum atomic E-state index is 13.2. The third-order valence-electron chi connectivity index (χ3n) is 2.68. The van der Waals surface area contributed by atoms with Gasteiger partial charge in [-0.25, -0.2) is 12.8 Å². The highest BCUT2D eigenvalue weighted by Gasteiger charge is 2.20. The molecule has 8 heteroatoms. The van der Waals surface area contributed by atoms with Crippen molar-refractivity contribution >= 4 is 59.2 Å². The topological polar surface area (TPSA) is 46.2 Å². The van der Waals surface area contributed by atoms with Crippen LogP contribution in [0, 0.1) is 12.7 Å². The van der Waals surface area contributed by atoms with E-state index >= 15 is 0 Å². The third-order valence-corrected chi connectivity index (χ3v) is 6.18. The Morgan fingerprint density at radius 1 is 1.14 bits per heavy atom. The van der Waals surface area contributed by atoms with Crippen LogP contribution in [0.3, 0.4) is 0 Å². The van der Waals surface area contributed by atoms with E-state index < -0.39 is 15.8 Å². The molecule has 0 aliphatic carbocycles. The van der Waals surface area contributed by atoms with Gasteiger partial charge in [-0.3, -0.25) is 4.72 Å². The van der Waals surface area contributed by atoms with E-state index in [0.717, 1.165) is 17.7 Å². The Balaban J connectivity index is 2.48. The number of rotatable bonds is 3. The van der Waals surface area contributed by atoms with E-state index in [2.05, 4.69) is 36.6 Å². The first-order valence-corrected chi connectivity index (χ1v) is 9.09. The van der Waals surface area contributed by atoms with Crippen molar-refractivity contribution in [1.82, 2.24) is 0 Å². The van der Waals surface area contributed by atoms with Crippen LogP contribution in [-0.2, 0) is 10.0 Å². The van der Waals surface area contributed by atoms with Crippen molar-refractivity contribution in [3.8, 4) is 0 Å². The van der Waals surface area contributed by atoms with E-state index in [1.807, 2.05) is 6.92 Å². The van der Waals surface area contributed by atoms with E-state index in [-0.39, 0.29) is 15.6 Å². The zero-order chi connectivity index (χ0) is 15.8. The number of hydrogen-bond donors (Lipinski definition) is 1.